The molecule has 2 atom stereocenters. The number of benzene rings is 1. The lowest BCUT2D eigenvalue weighted by atomic mass is 9.89. The number of carbonyl (C=O) groups excluding carboxylic acids is 1. The summed E-state index contributed by atoms with van der Waals surface area (Å²) in [5.41, 5.74) is 1.51. The highest BCUT2D eigenvalue weighted by atomic mass is 16.2. The number of aliphatic imine (C=N–C) groups is 2. The largest absolute Gasteiger partial charge is 0.295 e. The van der Waals surface area contributed by atoms with Crippen LogP contribution < -0.4 is 5.32 Å². The molecule has 35 heavy (non-hydrogen) atoms. The van der Waals surface area contributed by atoms with Gasteiger partial charge < -0.3 is 0 Å². The summed E-state index contributed by atoms with van der Waals surface area (Å²) < 4.78 is 1.96. The zero-order valence-corrected chi connectivity index (χ0v) is 18.6. The number of aromatic nitrogens is 4. The van der Waals surface area contributed by atoms with Gasteiger partial charge in [0.25, 0.3) is 5.91 Å². The summed E-state index contributed by atoms with van der Waals surface area (Å²) in [6.45, 7) is 7.49. The predicted octanol–water partition coefficient (Wildman–Crippen LogP) is 3.91. The van der Waals surface area contributed by atoms with Crippen molar-refractivity contribution < 1.29 is 6.22 Å². The quantitative estimate of drug-likeness (QED) is 0.358. The van der Waals surface area contributed by atoms with Crippen molar-refractivity contribution >= 4 is 35.6 Å². The number of anilines is 1. The van der Waals surface area contributed by atoms with Crippen molar-refractivity contribution in [2.45, 2.75) is 11.7 Å². The van der Waals surface area contributed by atoms with Gasteiger partial charge in [-0.25, -0.2) is 9.98 Å². The first-order chi connectivity index (χ1) is 17.2. The fourth-order valence-electron chi connectivity index (χ4n) is 4.68. The fourth-order valence-corrected chi connectivity index (χ4v) is 4.68. The first-order valence-electron chi connectivity index (χ1n) is 11.0. The number of guanidine groups is 1. The van der Waals surface area contributed by atoms with Crippen LogP contribution in [0.25, 0.3) is 11.0 Å². The van der Waals surface area contributed by atoms with E-state index in [-0.39, 0.29) is 7.33 Å². The molecule has 1 amide bonds. The van der Waals surface area contributed by atoms with E-state index in [4.69, 9.17) is 9.98 Å². The van der Waals surface area contributed by atoms with Crippen LogP contribution in [0.3, 0.4) is 0 Å². The van der Waals surface area contributed by atoms with Gasteiger partial charge >= 0.3 is 0 Å². The molecule has 1 N–H and O–H groups in total. The number of pyridine rings is 2. The Morgan fingerprint density at radius 2 is 1.86 bits per heavy atom. The van der Waals surface area contributed by atoms with Gasteiger partial charge in [0, 0.05) is 13.8 Å². The molecule has 0 aliphatic carbocycles. The van der Waals surface area contributed by atoms with Gasteiger partial charge in [0.2, 0.25) is 17.4 Å². The highest BCUT2D eigenvalue weighted by Gasteiger charge is 2.57. The summed E-state index contributed by atoms with van der Waals surface area (Å²) in [4.78, 5) is 39.0. The first-order valence-corrected chi connectivity index (χ1v) is 11.0. The second-order valence-electron chi connectivity index (χ2n) is 8.03. The van der Waals surface area contributed by atoms with Crippen LogP contribution in [0.1, 0.15) is 19.0 Å². The number of amides is 1. The van der Waals surface area contributed by atoms with Crippen LogP contribution in [-0.2, 0) is 10.3 Å². The van der Waals surface area contributed by atoms with Gasteiger partial charge in [-0.3, -0.25) is 34.5 Å². The van der Waals surface area contributed by atoms with Gasteiger partial charge in [-0.2, -0.15) is 0 Å². The molecule has 0 fully saturated rings. The van der Waals surface area contributed by atoms with Crippen LogP contribution in [0.5, 0.6) is 0 Å². The van der Waals surface area contributed by atoms with Crippen LogP contribution in [0.15, 0.2) is 107 Å². The summed E-state index contributed by atoms with van der Waals surface area (Å²) in [5.74, 6) is 0.554. The van der Waals surface area contributed by atoms with E-state index in [9.17, 15) is 4.79 Å². The predicted molar refractivity (Wildman–Crippen MR) is 136 cm³/mol. The second kappa shape index (κ2) is 7.84. The Labute approximate surface area is 202 Å². The molecule has 2 aliphatic heterocycles. The SMILES string of the molecule is C=C/C=C(\N=C)C1(c2ccccn2)N=C2Nc3nc4ccccc4n3C(c3ccccn3)N2C1=O.[HH]. The summed E-state index contributed by atoms with van der Waals surface area (Å²) in [6, 6.07) is 18.7. The minimum absolute atomic E-state index is 0. The molecular weight excluding hydrogens is 440 g/mol. The second-order valence-corrected chi connectivity index (χ2v) is 8.03. The number of carbonyl (C=O) groups is 1. The van der Waals surface area contributed by atoms with Crippen molar-refractivity contribution in [3.8, 4) is 0 Å². The van der Waals surface area contributed by atoms with Crippen LogP contribution >= 0.6 is 0 Å². The number of rotatable bonds is 5. The molecule has 0 saturated carbocycles. The Kier molecular flexibility index (Phi) is 4.63. The molecule has 0 radical (unpaired) electrons. The maximum absolute atomic E-state index is 14.5. The number of hydrogen-bond acceptors (Lipinski definition) is 7. The van der Waals surface area contributed by atoms with Crippen molar-refractivity contribution in [3.05, 3.63) is 109 Å². The first kappa shape index (κ1) is 20.7. The zero-order chi connectivity index (χ0) is 24.0. The molecule has 2 aliphatic rings. The molecule has 6 rings (SSSR count). The molecule has 0 spiro atoms. The standard InChI is InChI=1S/C26H20N8O.H2/c1-3-10-20(27-2)26(21-14-7-9-16-29-21)23(35)34-22(18-12-6-8-15-28-18)33-19-13-5-4-11-17(19)30-24(33)31-25(34)32-26;/h3-16,22H,1-2H2,(H,30,31,32);1H/b20-10-;. The number of nitrogens with zero attached hydrogens (tertiary/aromatic N) is 7. The minimum atomic E-state index is -1.55. The van der Waals surface area contributed by atoms with Crippen LogP contribution in [0.4, 0.5) is 5.95 Å². The molecule has 5 heterocycles. The van der Waals surface area contributed by atoms with E-state index >= 15 is 0 Å². The zero-order valence-electron chi connectivity index (χ0n) is 18.6. The third kappa shape index (κ3) is 2.88. The molecular formula is C26H22N8O. The van der Waals surface area contributed by atoms with E-state index in [0.717, 1.165) is 11.0 Å². The van der Waals surface area contributed by atoms with Gasteiger partial charge in [-0.05, 0) is 49.2 Å². The Morgan fingerprint density at radius 1 is 1.09 bits per heavy atom. The van der Waals surface area contributed by atoms with Crippen LogP contribution in [0.2, 0.25) is 0 Å². The van der Waals surface area contributed by atoms with Gasteiger partial charge in [0.05, 0.1) is 28.1 Å². The number of nitrogens with one attached hydrogen (secondary N) is 1. The van der Waals surface area contributed by atoms with Crippen LogP contribution in [0, 0.1) is 0 Å². The van der Waals surface area contributed by atoms with E-state index in [1.807, 2.05) is 53.1 Å². The summed E-state index contributed by atoms with van der Waals surface area (Å²) >= 11 is 0. The Balaban J connectivity index is 0.00000267. The highest BCUT2D eigenvalue weighted by molar-refractivity contribution is 6.15. The maximum Gasteiger partial charge on any atom is 0.271 e. The Hall–Kier alpha value is -4.92. The molecule has 4 aromatic rings. The van der Waals surface area contributed by atoms with Gasteiger partial charge in [-0.1, -0.05) is 36.9 Å². The van der Waals surface area contributed by atoms with Crippen LogP contribution in [-0.4, -0.2) is 43.0 Å². The van der Waals surface area contributed by atoms with E-state index in [1.54, 1.807) is 41.6 Å². The summed E-state index contributed by atoms with van der Waals surface area (Å²) in [5, 5.41) is 3.26. The summed E-state index contributed by atoms with van der Waals surface area (Å²) in [7, 11) is 0. The fraction of sp³-hybridized carbons (Fsp3) is 0.0769. The molecule has 9 nitrogen and oxygen atoms in total. The lowest BCUT2D eigenvalue weighted by molar-refractivity contribution is -0.132. The molecule has 0 saturated heterocycles. The average molecular weight is 463 g/mol. The monoisotopic (exact) mass is 462 g/mol. The number of fused-ring (bicyclic) bond motifs is 4. The molecule has 172 valence electrons. The Morgan fingerprint density at radius 3 is 2.57 bits per heavy atom. The van der Waals surface area contributed by atoms with Crippen molar-refractivity contribution in [1.29, 1.82) is 0 Å². The van der Waals surface area contributed by atoms with Gasteiger partial charge in [0.1, 0.15) is 0 Å². The van der Waals surface area contributed by atoms with Crippen molar-refractivity contribution in [2.75, 3.05) is 5.32 Å². The smallest absolute Gasteiger partial charge is 0.271 e. The lowest BCUT2D eigenvalue weighted by Gasteiger charge is -2.36. The lowest BCUT2D eigenvalue weighted by Crippen LogP contribution is -2.50. The maximum atomic E-state index is 14.5. The molecule has 1 aromatic carbocycles. The molecule has 2 unspecified atom stereocenters. The Bertz CT molecular complexity index is 1550. The number of allylic oxidation sites excluding steroid dienone is 2. The van der Waals surface area contributed by atoms with E-state index in [1.165, 1.54) is 0 Å². The molecule has 0 bridgehead atoms. The molecule has 9 heteroatoms. The normalized spacial score (nSPS) is 21.2. The molecule has 3 aromatic heterocycles. The van der Waals surface area contributed by atoms with Gasteiger partial charge in [-0.15, -0.1) is 0 Å². The van der Waals surface area contributed by atoms with Crippen molar-refractivity contribution in [1.82, 2.24) is 24.4 Å². The number of hydrogen-bond donors (Lipinski definition) is 1. The van der Waals surface area contributed by atoms with E-state index < -0.39 is 11.7 Å². The third-order valence-corrected chi connectivity index (χ3v) is 6.14. The highest BCUT2D eigenvalue weighted by Crippen LogP contribution is 2.45. The topological polar surface area (TPSA) is 101 Å². The number of para-hydroxylation sites is 2. The van der Waals surface area contributed by atoms with Crippen molar-refractivity contribution in [3.63, 3.8) is 0 Å². The van der Waals surface area contributed by atoms with Gasteiger partial charge in [0.15, 0.2) is 6.17 Å². The average Bonchev–Trinajstić information content (AvgIpc) is 3.42. The minimum Gasteiger partial charge on any atom is -0.295 e. The number of imidazole rings is 1. The third-order valence-electron chi connectivity index (χ3n) is 6.14. The van der Waals surface area contributed by atoms with E-state index in [0.29, 0.717) is 29.0 Å². The van der Waals surface area contributed by atoms with E-state index in [2.05, 4.69) is 33.6 Å². The van der Waals surface area contributed by atoms with Crippen molar-refractivity contribution in [2.24, 2.45) is 9.98 Å². The summed E-state index contributed by atoms with van der Waals surface area (Å²) in [6.07, 6.45) is 5.88.